The molecule has 0 aliphatic heterocycles. The van der Waals surface area contributed by atoms with Gasteiger partial charge in [0.05, 0.1) is 16.5 Å². The first-order valence-corrected chi connectivity index (χ1v) is 5.71. The van der Waals surface area contributed by atoms with Gasteiger partial charge in [0.1, 0.15) is 0 Å². The highest BCUT2D eigenvalue weighted by Crippen LogP contribution is 2.20. The lowest BCUT2D eigenvalue weighted by atomic mass is 10.3. The largest absolute Gasteiger partial charge is 0.476 e. The van der Waals surface area contributed by atoms with E-state index in [4.69, 9.17) is 9.84 Å². The quantitative estimate of drug-likeness (QED) is 0.811. The van der Waals surface area contributed by atoms with Crippen LogP contribution in [0.1, 0.15) is 20.4 Å². The van der Waals surface area contributed by atoms with E-state index < -0.39 is 5.97 Å². The molecule has 0 aliphatic carbocycles. The molecule has 0 bridgehead atoms. The van der Waals surface area contributed by atoms with Gasteiger partial charge in [-0.25, -0.2) is 9.78 Å². The maximum atomic E-state index is 11.0. The lowest BCUT2D eigenvalue weighted by Crippen LogP contribution is -2.12. The van der Waals surface area contributed by atoms with Gasteiger partial charge in [0.15, 0.2) is 5.69 Å². The van der Waals surface area contributed by atoms with Crippen LogP contribution in [0.5, 0.6) is 0 Å². The highest BCUT2D eigenvalue weighted by Gasteiger charge is 2.17. The lowest BCUT2D eigenvalue weighted by molar-refractivity contribution is 0.0689. The second kappa shape index (κ2) is 5.93. The van der Waals surface area contributed by atoms with Gasteiger partial charge in [0, 0.05) is 20.1 Å². The van der Waals surface area contributed by atoms with Gasteiger partial charge in [-0.3, -0.25) is 0 Å². The van der Waals surface area contributed by atoms with Crippen molar-refractivity contribution in [3.8, 4) is 0 Å². The predicted octanol–water partition coefficient (Wildman–Crippen LogP) is 1.09. The molecule has 1 N–H and O–H groups in total. The summed E-state index contributed by atoms with van der Waals surface area (Å²) in [7, 11) is 5.42. The summed E-state index contributed by atoms with van der Waals surface area (Å²) in [6.07, 6.45) is 0.662. The molecule has 0 atom stereocenters. The van der Waals surface area contributed by atoms with E-state index in [1.807, 2.05) is 19.0 Å². The Morgan fingerprint density at radius 2 is 2.25 bits per heavy atom. The molecule has 0 fully saturated rings. The first-order valence-electron chi connectivity index (χ1n) is 4.90. The molecule has 1 heterocycles. The molecule has 1 rings (SSSR count). The fourth-order valence-corrected chi connectivity index (χ4v) is 2.42. The van der Waals surface area contributed by atoms with Crippen LogP contribution in [-0.2, 0) is 17.7 Å². The molecule has 0 amide bonds. The number of thiazole rings is 1. The Kier molecular flexibility index (Phi) is 4.85. The van der Waals surface area contributed by atoms with Crippen molar-refractivity contribution >= 4 is 17.3 Å². The molecule has 16 heavy (non-hydrogen) atoms. The summed E-state index contributed by atoms with van der Waals surface area (Å²) in [6.45, 7) is 1.17. The average molecular weight is 244 g/mol. The summed E-state index contributed by atoms with van der Waals surface area (Å²) >= 11 is 1.44. The number of carboxylic acids is 1. The zero-order valence-corrected chi connectivity index (χ0v) is 10.5. The Morgan fingerprint density at radius 3 is 2.75 bits per heavy atom. The van der Waals surface area contributed by atoms with Crippen LogP contribution in [-0.4, -0.2) is 48.8 Å². The van der Waals surface area contributed by atoms with E-state index in [0.717, 1.165) is 9.88 Å². The highest BCUT2D eigenvalue weighted by molar-refractivity contribution is 7.11. The van der Waals surface area contributed by atoms with Crippen LogP contribution in [0, 0.1) is 0 Å². The second-order valence-corrected chi connectivity index (χ2v) is 4.83. The minimum atomic E-state index is -0.961. The third kappa shape index (κ3) is 3.55. The molecule has 1 aromatic rings. The minimum absolute atomic E-state index is 0.171. The number of aromatic nitrogens is 1. The fraction of sp³-hybridized carbons (Fsp3) is 0.600. The van der Waals surface area contributed by atoms with Gasteiger partial charge in [-0.05, 0) is 14.1 Å². The Hall–Kier alpha value is -0.980. The zero-order chi connectivity index (χ0) is 12.1. The molecule has 0 radical (unpaired) electrons. The van der Waals surface area contributed by atoms with E-state index in [-0.39, 0.29) is 5.69 Å². The number of hydrogen-bond donors (Lipinski definition) is 1. The van der Waals surface area contributed by atoms with Crippen molar-refractivity contribution in [2.75, 3.05) is 27.8 Å². The van der Waals surface area contributed by atoms with Gasteiger partial charge in [-0.2, -0.15) is 0 Å². The van der Waals surface area contributed by atoms with Gasteiger partial charge in [0.25, 0.3) is 0 Å². The molecule has 90 valence electrons. The van der Waals surface area contributed by atoms with Gasteiger partial charge < -0.3 is 14.7 Å². The van der Waals surface area contributed by atoms with Gasteiger partial charge >= 0.3 is 5.97 Å². The predicted molar refractivity (Wildman–Crippen MR) is 62.0 cm³/mol. The molecule has 0 unspecified atom stereocenters. The molecule has 5 nitrogen and oxygen atoms in total. The Balaban J connectivity index is 2.86. The first kappa shape index (κ1) is 13.1. The number of methoxy groups -OCH3 is 1. The van der Waals surface area contributed by atoms with Gasteiger partial charge in [0.2, 0.25) is 0 Å². The molecular weight excluding hydrogens is 228 g/mol. The molecule has 0 aromatic carbocycles. The topological polar surface area (TPSA) is 62.7 Å². The molecule has 0 saturated carbocycles. The lowest BCUT2D eigenvalue weighted by Gasteiger charge is -2.06. The number of aromatic carboxylic acids is 1. The van der Waals surface area contributed by atoms with Crippen molar-refractivity contribution in [1.29, 1.82) is 0 Å². The Labute approximate surface area is 98.7 Å². The Morgan fingerprint density at radius 1 is 1.56 bits per heavy atom. The summed E-state index contributed by atoms with van der Waals surface area (Å²) in [6, 6.07) is 0. The van der Waals surface area contributed by atoms with E-state index in [0.29, 0.717) is 19.6 Å². The van der Waals surface area contributed by atoms with Crippen molar-refractivity contribution < 1.29 is 14.6 Å². The molecule has 0 saturated heterocycles. The maximum absolute atomic E-state index is 11.0. The van der Waals surface area contributed by atoms with E-state index in [1.54, 1.807) is 7.11 Å². The SMILES string of the molecule is COCCc1nc(C(=O)O)c(CN(C)C)s1. The summed E-state index contributed by atoms with van der Waals surface area (Å²) in [4.78, 5) is 17.8. The fourth-order valence-electron chi connectivity index (χ4n) is 1.26. The van der Waals surface area contributed by atoms with E-state index in [2.05, 4.69) is 4.98 Å². The number of carboxylic acid groups (broad SMARTS) is 1. The monoisotopic (exact) mass is 244 g/mol. The van der Waals surface area contributed by atoms with Crippen molar-refractivity contribution in [3.05, 3.63) is 15.6 Å². The third-order valence-corrected chi connectivity index (χ3v) is 3.02. The van der Waals surface area contributed by atoms with Crippen LogP contribution in [0.4, 0.5) is 0 Å². The van der Waals surface area contributed by atoms with E-state index in [9.17, 15) is 4.79 Å². The van der Waals surface area contributed by atoms with Crippen molar-refractivity contribution in [3.63, 3.8) is 0 Å². The Bertz CT molecular complexity index is 363. The number of hydrogen-bond acceptors (Lipinski definition) is 5. The summed E-state index contributed by atoms with van der Waals surface area (Å²) in [5.41, 5.74) is 0.171. The summed E-state index contributed by atoms with van der Waals surface area (Å²) in [5, 5.41) is 9.83. The van der Waals surface area contributed by atoms with Gasteiger partial charge in [-0.1, -0.05) is 0 Å². The maximum Gasteiger partial charge on any atom is 0.355 e. The first-order chi connectivity index (χ1) is 7.54. The summed E-state index contributed by atoms with van der Waals surface area (Å²) < 4.78 is 4.95. The van der Waals surface area contributed by atoms with Crippen LogP contribution < -0.4 is 0 Å². The van der Waals surface area contributed by atoms with Crippen LogP contribution >= 0.6 is 11.3 Å². The third-order valence-electron chi connectivity index (χ3n) is 1.92. The van der Waals surface area contributed by atoms with Crippen LogP contribution in [0.15, 0.2) is 0 Å². The van der Waals surface area contributed by atoms with E-state index >= 15 is 0 Å². The van der Waals surface area contributed by atoms with Crippen LogP contribution in [0.3, 0.4) is 0 Å². The summed E-state index contributed by atoms with van der Waals surface area (Å²) in [5.74, 6) is -0.961. The van der Waals surface area contributed by atoms with Crippen LogP contribution in [0.2, 0.25) is 0 Å². The van der Waals surface area contributed by atoms with E-state index in [1.165, 1.54) is 11.3 Å². The molecule has 0 aliphatic rings. The van der Waals surface area contributed by atoms with Crippen molar-refractivity contribution in [2.45, 2.75) is 13.0 Å². The molecule has 0 spiro atoms. The minimum Gasteiger partial charge on any atom is -0.476 e. The molecule has 1 aromatic heterocycles. The van der Waals surface area contributed by atoms with Gasteiger partial charge in [-0.15, -0.1) is 11.3 Å². The second-order valence-electron chi connectivity index (χ2n) is 3.67. The highest BCUT2D eigenvalue weighted by atomic mass is 32.1. The number of carbonyl (C=O) groups is 1. The number of ether oxygens (including phenoxy) is 1. The normalized spacial score (nSPS) is 11.0. The van der Waals surface area contributed by atoms with Crippen LogP contribution in [0.25, 0.3) is 0 Å². The zero-order valence-electron chi connectivity index (χ0n) is 9.69. The number of rotatable bonds is 6. The number of nitrogens with zero attached hydrogens (tertiary/aromatic N) is 2. The molecular formula is C10H16N2O3S. The molecule has 6 heteroatoms. The smallest absolute Gasteiger partial charge is 0.355 e. The average Bonchev–Trinajstić information content (AvgIpc) is 2.57. The van der Waals surface area contributed by atoms with Crippen molar-refractivity contribution in [1.82, 2.24) is 9.88 Å². The standard InChI is InChI=1S/C10H16N2O3S/c1-12(2)6-7-9(10(13)14)11-8(16-7)4-5-15-3/h4-6H2,1-3H3,(H,13,14). The van der Waals surface area contributed by atoms with Crippen molar-refractivity contribution in [2.24, 2.45) is 0 Å².